The molecule has 1 atom stereocenters. The number of phenols is 2. The van der Waals surface area contributed by atoms with Crippen LogP contribution in [0, 0.1) is 5.92 Å². The van der Waals surface area contributed by atoms with E-state index in [1.54, 1.807) is 4.90 Å². The van der Waals surface area contributed by atoms with Gasteiger partial charge >= 0.3 is 0 Å². The third-order valence-electron chi connectivity index (χ3n) is 3.04. The summed E-state index contributed by atoms with van der Waals surface area (Å²) >= 11 is 0. The van der Waals surface area contributed by atoms with Gasteiger partial charge in [-0.3, -0.25) is 4.79 Å². The number of aliphatic hydroxyl groups is 1. The second kappa shape index (κ2) is 4.63. The van der Waals surface area contributed by atoms with E-state index in [4.69, 9.17) is 5.11 Å². The number of rotatable bonds is 2. The SMILES string of the molecule is O=C(c1cc(O)ccc1O)N1CCC(CO)C1. The van der Waals surface area contributed by atoms with Gasteiger partial charge in [0.1, 0.15) is 11.5 Å². The van der Waals surface area contributed by atoms with Gasteiger partial charge in [-0.1, -0.05) is 0 Å². The quantitative estimate of drug-likeness (QED) is 0.656. The highest BCUT2D eigenvalue weighted by atomic mass is 16.3. The molecular formula is C12H15NO4. The highest BCUT2D eigenvalue weighted by Gasteiger charge is 2.27. The Morgan fingerprint density at radius 3 is 2.82 bits per heavy atom. The molecule has 0 radical (unpaired) electrons. The molecule has 0 spiro atoms. The monoisotopic (exact) mass is 237 g/mol. The summed E-state index contributed by atoms with van der Waals surface area (Å²) in [6.07, 6.45) is 0.766. The van der Waals surface area contributed by atoms with Crippen LogP contribution < -0.4 is 0 Å². The van der Waals surface area contributed by atoms with E-state index in [1.165, 1.54) is 18.2 Å². The lowest BCUT2D eigenvalue weighted by Gasteiger charge is -2.16. The molecule has 1 fully saturated rings. The molecule has 1 unspecified atom stereocenters. The first-order valence-corrected chi connectivity index (χ1v) is 5.54. The lowest BCUT2D eigenvalue weighted by atomic mass is 10.1. The van der Waals surface area contributed by atoms with E-state index in [0.717, 1.165) is 6.42 Å². The molecule has 1 aliphatic rings. The molecule has 1 aliphatic heterocycles. The van der Waals surface area contributed by atoms with Crippen molar-refractivity contribution in [2.24, 2.45) is 5.92 Å². The van der Waals surface area contributed by atoms with Crippen molar-refractivity contribution >= 4 is 5.91 Å². The van der Waals surface area contributed by atoms with Crippen LogP contribution in [0.2, 0.25) is 0 Å². The number of aromatic hydroxyl groups is 2. The van der Waals surface area contributed by atoms with Gasteiger partial charge in [0, 0.05) is 25.6 Å². The molecule has 1 amide bonds. The number of amides is 1. The van der Waals surface area contributed by atoms with Crippen molar-refractivity contribution in [1.82, 2.24) is 4.90 Å². The normalized spacial score (nSPS) is 19.6. The molecule has 92 valence electrons. The number of likely N-dealkylation sites (tertiary alicyclic amines) is 1. The zero-order valence-electron chi connectivity index (χ0n) is 9.33. The van der Waals surface area contributed by atoms with E-state index in [1.807, 2.05) is 0 Å². The van der Waals surface area contributed by atoms with E-state index < -0.39 is 0 Å². The van der Waals surface area contributed by atoms with Crippen LogP contribution in [-0.4, -0.2) is 45.8 Å². The van der Waals surface area contributed by atoms with Crippen LogP contribution in [0.5, 0.6) is 11.5 Å². The predicted octanol–water partition coefficient (Wildman–Crippen LogP) is 0.552. The largest absolute Gasteiger partial charge is 0.508 e. The fraction of sp³-hybridized carbons (Fsp3) is 0.417. The summed E-state index contributed by atoms with van der Waals surface area (Å²) in [5, 5.41) is 27.9. The molecule has 2 rings (SSSR count). The summed E-state index contributed by atoms with van der Waals surface area (Å²) in [4.78, 5) is 13.6. The van der Waals surface area contributed by atoms with E-state index in [-0.39, 0.29) is 35.5 Å². The third kappa shape index (κ3) is 2.34. The van der Waals surface area contributed by atoms with E-state index in [2.05, 4.69) is 0 Å². The highest BCUT2D eigenvalue weighted by molar-refractivity contribution is 5.97. The zero-order valence-corrected chi connectivity index (χ0v) is 9.33. The minimum atomic E-state index is -0.311. The van der Waals surface area contributed by atoms with Crippen LogP contribution in [-0.2, 0) is 0 Å². The van der Waals surface area contributed by atoms with Crippen LogP contribution >= 0.6 is 0 Å². The third-order valence-corrected chi connectivity index (χ3v) is 3.04. The minimum absolute atomic E-state index is 0.0518. The summed E-state index contributed by atoms with van der Waals surface area (Å²) in [6, 6.07) is 3.87. The number of hydrogen-bond donors (Lipinski definition) is 3. The molecule has 1 saturated heterocycles. The molecule has 5 nitrogen and oxygen atoms in total. The van der Waals surface area contributed by atoms with Crippen LogP contribution in [0.3, 0.4) is 0 Å². The second-order valence-electron chi connectivity index (χ2n) is 4.29. The van der Waals surface area contributed by atoms with Crippen molar-refractivity contribution in [3.05, 3.63) is 23.8 Å². The average molecular weight is 237 g/mol. The molecule has 0 saturated carbocycles. The Morgan fingerprint density at radius 1 is 1.41 bits per heavy atom. The van der Waals surface area contributed by atoms with Gasteiger partial charge in [-0.05, 0) is 24.6 Å². The zero-order chi connectivity index (χ0) is 12.4. The van der Waals surface area contributed by atoms with Gasteiger partial charge in [0.05, 0.1) is 5.56 Å². The maximum atomic E-state index is 12.1. The van der Waals surface area contributed by atoms with Crippen molar-refractivity contribution < 1.29 is 20.1 Å². The Labute approximate surface area is 98.9 Å². The molecule has 17 heavy (non-hydrogen) atoms. The number of carbonyl (C=O) groups excluding carboxylic acids is 1. The predicted molar refractivity (Wildman–Crippen MR) is 60.9 cm³/mol. The first kappa shape index (κ1) is 11.7. The van der Waals surface area contributed by atoms with Gasteiger partial charge in [-0.2, -0.15) is 0 Å². The highest BCUT2D eigenvalue weighted by Crippen LogP contribution is 2.26. The van der Waals surface area contributed by atoms with Gasteiger partial charge in [0.2, 0.25) is 0 Å². The van der Waals surface area contributed by atoms with Crippen molar-refractivity contribution in [1.29, 1.82) is 0 Å². The van der Waals surface area contributed by atoms with Crippen molar-refractivity contribution in [3.63, 3.8) is 0 Å². The molecule has 1 heterocycles. The topological polar surface area (TPSA) is 81.0 Å². The summed E-state index contributed by atoms with van der Waals surface area (Å²) < 4.78 is 0. The van der Waals surface area contributed by atoms with Crippen LogP contribution in [0.25, 0.3) is 0 Å². The summed E-state index contributed by atoms with van der Waals surface area (Å²) in [5.74, 6) is -0.392. The standard InChI is InChI=1S/C12H15NO4/c14-7-8-3-4-13(6-8)12(17)10-5-9(15)1-2-11(10)16/h1-2,5,8,14-16H,3-4,6-7H2. The molecule has 0 aromatic heterocycles. The second-order valence-corrected chi connectivity index (χ2v) is 4.29. The Hall–Kier alpha value is -1.75. The van der Waals surface area contributed by atoms with Gasteiger partial charge in [0.25, 0.3) is 5.91 Å². The average Bonchev–Trinajstić information content (AvgIpc) is 2.80. The van der Waals surface area contributed by atoms with Crippen LogP contribution in [0.1, 0.15) is 16.8 Å². The number of hydrogen-bond acceptors (Lipinski definition) is 4. The molecule has 1 aromatic carbocycles. The lowest BCUT2D eigenvalue weighted by Crippen LogP contribution is -2.29. The van der Waals surface area contributed by atoms with Crippen LogP contribution in [0.15, 0.2) is 18.2 Å². The van der Waals surface area contributed by atoms with Gasteiger partial charge in [0.15, 0.2) is 0 Å². The molecule has 0 bridgehead atoms. The summed E-state index contributed by atoms with van der Waals surface area (Å²) in [5.41, 5.74) is 0.101. The lowest BCUT2D eigenvalue weighted by molar-refractivity contribution is 0.0778. The number of nitrogens with zero attached hydrogens (tertiary/aromatic N) is 1. The first-order chi connectivity index (χ1) is 8.11. The molecule has 0 aliphatic carbocycles. The van der Waals surface area contributed by atoms with Gasteiger partial charge in [-0.15, -0.1) is 0 Å². The first-order valence-electron chi connectivity index (χ1n) is 5.54. The van der Waals surface area contributed by atoms with Gasteiger partial charge in [-0.25, -0.2) is 0 Å². The minimum Gasteiger partial charge on any atom is -0.508 e. The molecular weight excluding hydrogens is 222 g/mol. The Kier molecular flexibility index (Phi) is 3.19. The summed E-state index contributed by atoms with van der Waals surface area (Å²) in [7, 11) is 0. The number of carbonyl (C=O) groups is 1. The Bertz CT molecular complexity index is 433. The van der Waals surface area contributed by atoms with E-state index in [0.29, 0.717) is 13.1 Å². The number of phenolic OH excluding ortho intramolecular Hbond substituents is 2. The number of aliphatic hydroxyl groups excluding tert-OH is 1. The Balaban J connectivity index is 2.17. The van der Waals surface area contributed by atoms with Crippen molar-refractivity contribution in [2.75, 3.05) is 19.7 Å². The maximum Gasteiger partial charge on any atom is 0.257 e. The smallest absolute Gasteiger partial charge is 0.257 e. The molecule has 3 N–H and O–H groups in total. The fourth-order valence-corrected chi connectivity index (χ4v) is 2.03. The maximum absolute atomic E-state index is 12.1. The molecule has 5 heteroatoms. The van der Waals surface area contributed by atoms with Gasteiger partial charge < -0.3 is 20.2 Å². The van der Waals surface area contributed by atoms with E-state index >= 15 is 0 Å². The van der Waals surface area contributed by atoms with E-state index in [9.17, 15) is 15.0 Å². The molecule has 1 aromatic rings. The fourth-order valence-electron chi connectivity index (χ4n) is 2.03. The number of benzene rings is 1. The Morgan fingerprint density at radius 2 is 2.18 bits per heavy atom. The van der Waals surface area contributed by atoms with Crippen LogP contribution in [0.4, 0.5) is 0 Å². The van der Waals surface area contributed by atoms with Crippen molar-refractivity contribution in [3.8, 4) is 11.5 Å². The summed E-state index contributed by atoms with van der Waals surface area (Å²) in [6.45, 7) is 1.12. The van der Waals surface area contributed by atoms with Crippen molar-refractivity contribution in [2.45, 2.75) is 6.42 Å².